The Morgan fingerprint density at radius 2 is 1.80 bits per heavy atom. The van der Waals surface area contributed by atoms with E-state index in [-0.39, 0.29) is 11.9 Å². The van der Waals surface area contributed by atoms with E-state index >= 15 is 0 Å². The van der Waals surface area contributed by atoms with Crippen molar-refractivity contribution in [1.29, 1.82) is 0 Å². The van der Waals surface area contributed by atoms with Gasteiger partial charge in [-0.2, -0.15) is 0 Å². The van der Waals surface area contributed by atoms with Gasteiger partial charge in [-0.1, -0.05) is 30.3 Å². The van der Waals surface area contributed by atoms with Gasteiger partial charge < -0.3 is 9.88 Å². The molecule has 4 rings (SSSR count). The maximum atomic E-state index is 13.2. The Labute approximate surface area is 176 Å². The summed E-state index contributed by atoms with van der Waals surface area (Å²) in [5.41, 5.74) is 6.00. The lowest BCUT2D eigenvalue weighted by Crippen LogP contribution is -2.28. The highest BCUT2D eigenvalue weighted by molar-refractivity contribution is 5.94. The maximum Gasteiger partial charge on any atom is 0.268 e. The van der Waals surface area contributed by atoms with E-state index in [9.17, 15) is 4.79 Å². The van der Waals surface area contributed by atoms with Crippen molar-refractivity contribution in [2.75, 3.05) is 0 Å². The zero-order valence-electron chi connectivity index (χ0n) is 17.1. The van der Waals surface area contributed by atoms with Crippen LogP contribution in [0.5, 0.6) is 0 Å². The van der Waals surface area contributed by atoms with Gasteiger partial charge in [0.1, 0.15) is 5.69 Å². The Morgan fingerprint density at radius 3 is 2.53 bits per heavy atom. The number of amides is 1. The molecule has 150 valence electrons. The molecule has 4 aromatic rings. The van der Waals surface area contributed by atoms with Gasteiger partial charge in [0.05, 0.1) is 6.04 Å². The van der Waals surface area contributed by atoms with Crippen LogP contribution < -0.4 is 5.32 Å². The zero-order chi connectivity index (χ0) is 20.9. The van der Waals surface area contributed by atoms with E-state index in [1.165, 1.54) is 11.1 Å². The average molecular weight is 396 g/mol. The third kappa shape index (κ3) is 4.30. The van der Waals surface area contributed by atoms with Gasteiger partial charge in [0.2, 0.25) is 0 Å². The van der Waals surface area contributed by atoms with Crippen LogP contribution in [0.25, 0.3) is 11.1 Å². The Morgan fingerprint density at radius 1 is 1.00 bits per heavy atom. The molecule has 0 spiro atoms. The minimum atomic E-state index is -0.141. The lowest BCUT2D eigenvalue weighted by Gasteiger charge is -2.16. The van der Waals surface area contributed by atoms with E-state index in [0.717, 1.165) is 16.7 Å². The van der Waals surface area contributed by atoms with Crippen molar-refractivity contribution in [3.05, 3.63) is 108 Å². The molecule has 0 bridgehead atoms. The number of pyridine rings is 2. The van der Waals surface area contributed by atoms with E-state index in [4.69, 9.17) is 0 Å². The SMILES string of the molecule is Cc1ccccc1Cn1cc(-c2ccncc2)cc1C(=O)NC(C)c1cccnc1. The molecule has 1 amide bonds. The first kappa shape index (κ1) is 19.6. The molecule has 1 atom stereocenters. The number of nitrogens with one attached hydrogen (secondary N) is 1. The van der Waals surface area contributed by atoms with Gasteiger partial charge in [0, 0.05) is 43.1 Å². The second kappa shape index (κ2) is 8.74. The van der Waals surface area contributed by atoms with Crippen LogP contribution in [0.4, 0.5) is 0 Å². The molecule has 0 aliphatic rings. The Hall–Kier alpha value is -3.73. The van der Waals surface area contributed by atoms with Crippen molar-refractivity contribution in [1.82, 2.24) is 19.9 Å². The van der Waals surface area contributed by atoms with E-state index in [1.54, 1.807) is 24.8 Å². The van der Waals surface area contributed by atoms with Crippen molar-refractivity contribution in [3.63, 3.8) is 0 Å². The highest BCUT2D eigenvalue weighted by Gasteiger charge is 2.18. The topological polar surface area (TPSA) is 59.8 Å². The standard InChI is InChI=1S/C25H24N4O/c1-18-6-3-4-7-22(18)16-29-17-23(20-9-12-26-13-10-20)14-24(29)25(30)28-19(2)21-8-5-11-27-15-21/h3-15,17,19H,16H2,1-2H3,(H,28,30). The molecule has 3 aromatic heterocycles. The largest absolute Gasteiger partial charge is 0.344 e. The number of rotatable bonds is 6. The molecule has 0 radical (unpaired) electrons. The van der Waals surface area contributed by atoms with E-state index in [2.05, 4.69) is 34.3 Å². The first-order valence-corrected chi connectivity index (χ1v) is 9.97. The number of benzene rings is 1. The maximum absolute atomic E-state index is 13.2. The van der Waals surface area contributed by atoms with Gasteiger partial charge in [0.25, 0.3) is 5.91 Å². The monoisotopic (exact) mass is 396 g/mol. The highest BCUT2D eigenvalue weighted by Crippen LogP contribution is 2.24. The highest BCUT2D eigenvalue weighted by atomic mass is 16.2. The van der Waals surface area contributed by atoms with Crippen molar-refractivity contribution in [2.24, 2.45) is 0 Å². The molecule has 5 heteroatoms. The van der Waals surface area contributed by atoms with E-state index in [0.29, 0.717) is 12.2 Å². The van der Waals surface area contributed by atoms with Crippen LogP contribution in [0, 0.1) is 6.92 Å². The minimum Gasteiger partial charge on any atom is -0.344 e. The van der Waals surface area contributed by atoms with E-state index in [1.807, 2.05) is 60.2 Å². The summed E-state index contributed by atoms with van der Waals surface area (Å²) in [6.45, 7) is 4.68. The molecule has 0 fully saturated rings. The molecule has 1 aromatic carbocycles. The summed E-state index contributed by atoms with van der Waals surface area (Å²) in [6.07, 6.45) is 9.06. The molecule has 30 heavy (non-hydrogen) atoms. The first-order chi connectivity index (χ1) is 14.6. The quantitative estimate of drug-likeness (QED) is 0.510. The van der Waals surface area contributed by atoms with Crippen LogP contribution in [0.1, 0.15) is 40.1 Å². The van der Waals surface area contributed by atoms with Gasteiger partial charge in [-0.15, -0.1) is 0 Å². The average Bonchev–Trinajstić information content (AvgIpc) is 3.20. The number of nitrogens with zero attached hydrogens (tertiary/aromatic N) is 3. The molecule has 0 saturated heterocycles. The third-order valence-corrected chi connectivity index (χ3v) is 5.28. The van der Waals surface area contributed by atoms with Gasteiger partial charge in [-0.3, -0.25) is 14.8 Å². The molecule has 1 N–H and O–H groups in total. The third-order valence-electron chi connectivity index (χ3n) is 5.28. The number of hydrogen-bond acceptors (Lipinski definition) is 3. The molecule has 0 aliphatic heterocycles. The lowest BCUT2D eigenvalue weighted by molar-refractivity contribution is 0.0931. The molecule has 3 heterocycles. The Bertz CT molecular complexity index is 1140. The summed E-state index contributed by atoms with van der Waals surface area (Å²) in [6, 6.07) is 17.8. The fraction of sp³-hybridized carbons (Fsp3) is 0.160. The molecular weight excluding hydrogens is 372 g/mol. The minimum absolute atomic E-state index is 0.111. The molecular formula is C25H24N4O. The fourth-order valence-electron chi connectivity index (χ4n) is 3.49. The summed E-state index contributed by atoms with van der Waals surface area (Å²) in [5, 5.41) is 3.11. The number of carbonyl (C=O) groups is 1. The van der Waals surface area contributed by atoms with E-state index < -0.39 is 0 Å². The van der Waals surface area contributed by atoms with Crippen LogP contribution >= 0.6 is 0 Å². The summed E-state index contributed by atoms with van der Waals surface area (Å²) < 4.78 is 2.02. The smallest absolute Gasteiger partial charge is 0.268 e. The van der Waals surface area contributed by atoms with Crippen LogP contribution in [-0.2, 0) is 6.54 Å². The van der Waals surface area contributed by atoms with Gasteiger partial charge in [0.15, 0.2) is 0 Å². The Balaban J connectivity index is 1.67. The van der Waals surface area contributed by atoms with Crippen molar-refractivity contribution in [2.45, 2.75) is 26.4 Å². The summed E-state index contributed by atoms with van der Waals surface area (Å²) in [4.78, 5) is 21.5. The number of aromatic nitrogens is 3. The predicted octanol–water partition coefficient (Wildman–Crippen LogP) is 4.79. The lowest BCUT2D eigenvalue weighted by atomic mass is 10.1. The van der Waals surface area contributed by atoms with Gasteiger partial charge >= 0.3 is 0 Å². The van der Waals surface area contributed by atoms with Crippen LogP contribution in [0.3, 0.4) is 0 Å². The normalized spacial score (nSPS) is 11.8. The number of hydrogen-bond donors (Lipinski definition) is 1. The molecule has 0 saturated carbocycles. The molecule has 0 aliphatic carbocycles. The zero-order valence-corrected chi connectivity index (χ0v) is 17.1. The Kier molecular flexibility index (Phi) is 5.70. The van der Waals surface area contributed by atoms with Gasteiger partial charge in [-0.05, 0) is 60.4 Å². The predicted molar refractivity (Wildman–Crippen MR) is 118 cm³/mol. The second-order valence-electron chi connectivity index (χ2n) is 7.39. The number of aryl methyl sites for hydroxylation is 1. The van der Waals surface area contributed by atoms with Crippen molar-refractivity contribution in [3.8, 4) is 11.1 Å². The molecule has 1 unspecified atom stereocenters. The summed E-state index contributed by atoms with van der Waals surface area (Å²) in [5.74, 6) is -0.111. The summed E-state index contributed by atoms with van der Waals surface area (Å²) >= 11 is 0. The van der Waals surface area contributed by atoms with Crippen molar-refractivity contribution < 1.29 is 4.79 Å². The first-order valence-electron chi connectivity index (χ1n) is 9.97. The summed E-state index contributed by atoms with van der Waals surface area (Å²) in [7, 11) is 0. The van der Waals surface area contributed by atoms with Crippen LogP contribution in [0.15, 0.2) is 85.6 Å². The molecule has 5 nitrogen and oxygen atoms in total. The fourth-order valence-corrected chi connectivity index (χ4v) is 3.49. The van der Waals surface area contributed by atoms with Crippen LogP contribution in [0.2, 0.25) is 0 Å². The van der Waals surface area contributed by atoms with Crippen LogP contribution in [-0.4, -0.2) is 20.4 Å². The second-order valence-corrected chi connectivity index (χ2v) is 7.39. The van der Waals surface area contributed by atoms with Crippen molar-refractivity contribution >= 4 is 5.91 Å². The number of carbonyl (C=O) groups excluding carboxylic acids is 1. The van der Waals surface area contributed by atoms with Gasteiger partial charge in [-0.25, -0.2) is 0 Å².